The van der Waals surface area contributed by atoms with E-state index in [1.54, 1.807) is 36.0 Å². The molecule has 0 fully saturated rings. The fourth-order valence-electron chi connectivity index (χ4n) is 3.34. The van der Waals surface area contributed by atoms with Crippen molar-refractivity contribution in [3.8, 4) is 0 Å². The van der Waals surface area contributed by atoms with E-state index < -0.39 is 0 Å². The number of nitrogens with one attached hydrogen (secondary N) is 1. The average molecular weight is 411 g/mol. The Morgan fingerprint density at radius 2 is 1.69 bits per heavy atom. The summed E-state index contributed by atoms with van der Waals surface area (Å²) in [5.74, 6) is 0.367. The second-order valence-electron chi connectivity index (χ2n) is 7.34. The standard InChI is InChI=1S/C23H26N2O3S/c1-15-10-11-20(16(2)14-15)24-21(26)17(3)29-13-7-6-12-25-22(27)18-8-4-5-9-19(18)23(25)28/h4-5,8-11,14,17H,6-7,12-13H2,1-3H3,(H,24,26)/t17-/m0/s1. The number of imide groups is 1. The summed E-state index contributed by atoms with van der Waals surface area (Å²) in [6, 6.07) is 12.9. The number of thioether (sulfide) groups is 1. The number of rotatable bonds is 8. The van der Waals surface area contributed by atoms with Crippen molar-refractivity contribution in [3.05, 3.63) is 64.7 Å². The van der Waals surface area contributed by atoms with Crippen LogP contribution in [0.4, 0.5) is 5.69 Å². The molecular weight excluding hydrogens is 384 g/mol. The van der Waals surface area contributed by atoms with Gasteiger partial charge >= 0.3 is 0 Å². The van der Waals surface area contributed by atoms with Crippen LogP contribution in [0.15, 0.2) is 42.5 Å². The molecule has 1 aliphatic rings. The molecular formula is C23H26N2O3S. The van der Waals surface area contributed by atoms with Crippen LogP contribution in [-0.4, -0.2) is 40.2 Å². The third kappa shape index (κ3) is 4.88. The Morgan fingerprint density at radius 1 is 1.03 bits per heavy atom. The molecule has 0 saturated carbocycles. The van der Waals surface area contributed by atoms with Gasteiger partial charge < -0.3 is 5.32 Å². The van der Waals surface area contributed by atoms with Gasteiger partial charge in [-0.1, -0.05) is 29.8 Å². The maximum atomic E-state index is 12.4. The van der Waals surface area contributed by atoms with Crippen LogP contribution < -0.4 is 5.32 Å². The summed E-state index contributed by atoms with van der Waals surface area (Å²) in [6.45, 7) is 6.32. The normalized spacial score (nSPS) is 14.1. The third-order valence-corrected chi connectivity index (χ3v) is 6.27. The molecule has 2 aromatic carbocycles. The lowest BCUT2D eigenvalue weighted by molar-refractivity contribution is -0.115. The number of nitrogens with zero attached hydrogens (tertiary/aromatic N) is 1. The van der Waals surface area contributed by atoms with E-state index in [4.69, 9.17) is 0 Å². The molecule has 6 heteroatoms. The second kappa shape index (κ2) is 9.27. The zero-order valence-electron chi connectivity index (χ0n) is 17.0. The Labute approximate surface area is 175 Å². The maximum Gasteiger partial charge on any atom is 0.261 e. The van der Waals surface area contributed by atoms with E-state index in [9.17, 15) is 14.4 Å². The highest BCUT2D eigenvalue weighted by molar-refractivity contribution is 8.00. The lowest BCUT2D eigenvalue weighted by atomic mass is 10.1. The quantitative estimate of drug-likeness (QED) is 0.516. The first-order valence-electron chi connectivity index (χ1n) is 9.83. The van der Waals surface area contributed by atoms with Gasteiger partial charge in [0.05, 0.1) is 16.4 Å². The van der Waals surface area contributed by atoms with E-state index in [0.29, 0.717) is 17.7 Å². The molecule has 152 valence electrons. The SMILES string of the molecule is Cc1ccc(NC(=O)[C@H](C)SCCCCN2C(=O)c3ccccc3C2=O)c(C)c1. The van der Waals surface area contributed by atoms with Crippen LogP contribution in [0.2, 0.25) is 0 Å². The molecule has 0 saturated heterocycles. The number of fused-ring (bicyclic) bond motifs is 1. The fraction of sp³-hybridized carbons (Fsp3) is 0.348. The van der Waals surface area contributed by atoms with E-state index >= 15 is 0 Å². The van der Waals surface area contributed by atoms with E-state index in [2.05, 4.69) is 5.32 Å². The number of aryl methyl sites for hydroxylation is 2. The number of benzene rings is 2. The molecule has 3 amide bonds. The summed E-state index contributed by atoms with van der Waals surface area (Å²) in [5, 5.41) is 2.82. The number of hydrogen-bond donors (Lipinski definition) is 1. The molecule has 5 nitrogen and oxygen atoms in total. The van der Waals surface area contributed by atoms with Crippen molar-refractivity contribution >= 4 is 35.2 Å². The highest BCUT2D eigenvalue weighted by Gasteiger charge is 2.34. The molecule has 3 rings (SSSR count). The summed E-state index contributed by atoms with van der Waals surface area (Å²) in [4.78, 5) is 38.4. The Bertz CT molecular complexity index is 906. The first-order chi connectivity index (χ1) is 13.9. The monoisotopic (exact) mass is 410 g/mol. The van der Waals surface area contributed by atoms with Gasteiger partial charge in [-0.25, -0.2) is 0 Å². The van der Waals surface area contributed by atoms with Crippen LogP contribution in [0.5, 0.6) is 0 Å². The minimum Gasteiger partial charge on any atom is -0.325 e. The molecule has 1 aliphatic heterocycles. The van der Waals surface area contributed by atoms with E-state index in [1.165, 1.54) is 10.5 Å². The topological polar surface area (TPSA) is 66.5 Å². The summed E-state index contributed by atoms with van der Waals surface area (Å²) >= 11 is 1.58. The van der Waals surface area contributed by atoms with E-state index in [-0.39, 0.29) is 23.0 Å². The highest BCUT2D eigenvalue weighted by Crippen LogP contribution is 2.23. The first-order valence-corrected chi connectivity index (χ1v) is 10.9. The van der Waals surface area contributed by atoms with Crippen LogP contribution in [0.3, 0.4) is 0 Å². The molecule has 0 radical (unpaired) electrons. The molecule has 1 N–H and O–H groups in total. The van der Waals surface area contributed by atoms with Gasteiger partial charge in [0.15, 0.2) is 0 Å². The molecule has 0 unspecified atom stereocenters. The molecule has 0 aromatic heterocycles. The van der Waals surface area contributed by atoms with Crippen molar-refractivity contribution in [1.82, 2.24) is 4.90 Å². The lowest BCUT2D eigenvalue weighted by Crippen LogP contribution is -2.30. The number of hydrogen-bond acceptors (Lipinski definition) is 4. The number of carbonyl (C=O) groups is 3. The van der Waals surface area contributed by atoms with Crippen molar-refractivity contribution in [1.29, 1.82) is 0 Å². The predicted octanol–water partition coefficient (Wildman–Crippen LogP) is 4.44. The van der Waals surface area contributed by atoms with Crippen LogP contribution in [-0.2, 0) is 4.79 Å². The maximum absolute atomic E-state index is 12.4. The van der Waals surface area contributed by atoms with Crippen LogP contribution in [0.1, 0.15) is 51.6 Å². The lowest BCUT2D eigenvalue weighted by Gasteiger charge is -2.15. The van der Waals surface area contributed by atoms with Crippen molar-refractivity contribution in [2.75, 3.05) is 17.6 Å². The van der Waals surface area contributed by atoms with Crippen molar-refractivity contribution < 1.29 is 14.4 Å². The molecule has 2 aromatic rings. The van der Waals surface area contributed by atoms with Crippen LogP contribution >= 0.6 is 11.8 Å². The van der Waals surface area contributed by atoms with Gasteiger partial charge in [0, 0.05) is 12.2 Å². The highest BCUT2D eigenvalue weighted by atomic mass is 32.2. The summed E-state index contributed by atoms with van der Waals surface area (Å²) in [7, 11) is 0. The smallest absolute Gasteiger partial charge is 0.261 e. The molecule has 0 aliphatic carbocycles. The Morgan fingerprint density at radius 3 is 2.31 bits per heavy atom. The van der Waals surface area contributed by atoms with E-state index in [1.807, 2.05) is 39.0 Å². The van der Waals surface area contributed by atoms with E-state index in [0.717, 1.165) is 29.8 Å². The number of carbonyl (C=O) groups excluding carboxylic acids is 3. The minimum atomic E-state index is -0.209. The summed E-state index contributed by atoms with van der Waals surface area (Å²) < 4.78 is 0. The molecule has 1 heterocycles. The van der Waals surface area contributed by atoms with Crippen molar-refractivity contribution in [2.45, 2.75) is 38.9 Å². The number of amides is 3. The first kappa shape index (κ1) is 21.1. The Kier molecular flexibility index (Phi) is 6.75. The zero-order chi connectivity index (χ0) is 21.0. The van der Waals surface area contributed by atoms with Gasteiger partial charge in [-0.2, -0.15) is 0 Å². The molecule has 0 spiro atoms. The summed E-state index contributed by atoms with van der Waals surface area (Å²) in [6.07, 6.45) is 1.56. The number of anilines is 1. The van der Waals surface area contributed by atoms with Gasteiger partial charge in [-0.15, -0.1) is 11.8 Å². The van der Waals surface area contributed by atoms with Gasteiger partial charge in [-0.3, -0.25) is 19.3 Å². The Balaban J connectivity index is 1.40. The van der Waals surface area contributed by atoms with Crippen LogP contribution in [0, 0.1) is 13.8 Å². The van der Waals surface area contributed by atoms with Gasteiger partial charge in [-0.05, 0) is 63.1 Å². The summed E-state index contributed by atoms with van der Waals surface area (Å²) in [5.41, 5.74) is 4.04. The van der Waals surface area contributed by atoms with Gasteiger partial charge in [0.2, 0.25) is 5.91 Å². The zero-order valence-corrected chi connectivity index (χ0v) is 17.8. The fourth-order valence-corrected chi connectivity index (χ4v) is 4.27. The van der Waals surface area contributed by atoms with Gasteiger partial charge in [0.25, 0.3) is 11.8 Å². The largest absolute Gasteiger partial charge is 0.325 e. The average Bonchev–Trinajstić information content (AvgIpc) is 2.94. The molecule has 1 atom stereocenters. The van der Waals surface area contributed by atoms with Crippen molar-refractivity contribution in [2.24, 2.45) is 0 Å². The molecule has 29 heavy (non-hydrogen) atoms. The second-order valence-corrected chi connectivity index (χ2v) is 8.78. The molecule has 0 bridgehead atoms. The van der Waals surface area contributed by atoms with Crippen LogP contribution in [0.25, 0.3) is 0 Å². The Hall–Kier alpha value is -2.60. The van der Waals surface area contributed by atoms with Gasteiger partial charge in [0.1, 0.15) is 0 Å². The minimum absolute atomic E-state index is 0.0118. The van der Waals surface area contributed by atoms with Crippen molar-refractivity contribution in [3.63, 3.8) is 0 Å². The predicted molar refractivity (Wildman–Crippen MR) is 118 cm³/mol. The third-order valence-electron chi connectivity index (χ3n) is 5.03. The number of unbranched alkanes of at least 4 members (excludes halogenated alkanes) is 1.